The van der Waals surface area contributed by atoms with E-state index in [0.29, 0.717) is 5.02 Å². The van der Waals surface area contributed by atoms with E-state index in [2.05, 4.69) is 12.3 Å². The quantitative estimate of drug-likeness (QED) is 0.407. The highest BCUT2D eigenvalue weighted by molar-refractivity contribution is 6.33. The molecule has 18 heavy (non-hydrogen) atoms. The molecule has 0 spiro atoms. The second kappa shape index (κ2) is 8.76. The summed E-state index contributed by atoms with van der Waals surface area (Å²) in [6.45, 7) is 2.22. The Morgan fingerprint density at radius 2 is 1.89 bits per heavy atom. The molecule has 0 aliphatic carbocycles. The average molecular weight is 289 g/mol. The van der Waals surface area contributed by atoms with Crippen molar-refractivity contribution in [2.24, 2.45) is 5.84 Å². The molecule has 0 aliphatic heterocycles. The first-order valence-corrected chi connectivity index (χ1v) is 7.35. The normalized spacial score (nSPS) is 12.7. The maximum absolute atomic E-state index is 6.18. The SMILES string of the molecule is CCCCCCCC(NN)c1cc(Cl)ccc1Cl. The fraction of sp³-hybridized carbons (Fsp3) is 0.571. The molecule has 2 nitrogen and oxygen atoms in total. The molecule has 0 saturated heterocycles. The Labute approximate surface area is 120 Å². The van der Waals surface area contributed by atoms with Gasteiger partial charge in [-0.1, -0.05) is 62.2 Å². The molecule has 0 heterocycles. The summed E-state index contributed by atoms with van der Waals surface area (Å²) in [4.78, 5) is 0. The summed E-state index contributed by atoms with van der Waals surface area (Å²) in [6, 6.07) is 5.58. The maximum Gasteiger partial charge on any atom is 0.0475 e. The lowest BCUT2D eigenvalue weighted by Gasteiger charge is -2.18. The molecule has 1 atom stereocenters. The van der Waals surface area contributed by atoms with E-state index in [1.807, 2.05) is 12.1 Å². The van der Waals surface area contributed by atoms with Crippen LogP contribution in [-0.4, -0.2) is 0 Å². The van der Waals surface area contributed by atoms with E-state index in [-0.39, 0.29) is 6.04 Å². The Morgan fingerprint density at radius 3 is 2.56 bits per heavy atom. The van der Waals surface area contributed by atoms with Crippen LogP contribution in [0.25, 0.3) is 0 Å². The maximum atomic E-state index is 6.18. The van der Waals surface area contributed by atoms with E-state index in [0.717, 1.165) is 23.4 Å². The van der Waals surface area contributed by atoms with Crippen molar-refractivity contribution < 1.29 is 0 Å². The van der Waals surface area contributed by atoms with Crippen LogP contribution in [0.4, 0.5) is 0 Å². The molecule has 0 saturated carbocycles. The Balaban J connectivity index is 2.52. The average Bonchev–Trinajstić information content (AvgIpc) is 2.37. The third-order valence-electron chi connectivity index (χ3n) is 3.13. The summed E-state index contributed by atoms with van der Waals surface area (Å²) in [5, 5.41) is 1.41. The van der Waals surface area contributed by atoms with Crippen molar-refractivity contribution in [1.29, 1.82) is 0 Å². The van der Waals surface area contributed by atoms with E-state index in [1.54, 1.807) is 6.07 Å². The minimum Gasteiger partial charge on any atom is -0.271 e. The van der Waals surface area contributed by atoms with Crippen molar-refractivity contribution in [3.63, 3.8) is 0 Å². The molecule has 0 fully saturated rings. The topological polar surface area (TPSA) is 38.0 Å². The van der Waals surface area contributed by atoms with E-state index >= 15 is 0 Å². The summed E-state index contributed by atoms with van der Waals surface area (Å²) >= 11 is 12.2. The molecule has 1 aromatic carbocycles. The van der Waals surface area contributed by atoms with Crippen molar-refractivity contribution >= 4 is 23.2 Å². The zero-order chi connectivity index (χ0) is 13.4. The first-order valence-electron chi connectivity index (χ1n) is 6.60. The van der Waals surface area contributed by atoms with Crippen LogP contribution in [-0.2, 0) is 0 Å². The molecule has 102 valence electrons. The lowest BCUT2D eigenvalue weighted by molar-refractivity contribution is 0.479. The number of unbranched alkanes of at least 4 members (excludes halogenated alkanes) is 4. The number of rotatable bonds is 8. The van der Waals surface area contributed by atoms with Gasteiger partial charge in [-0.15, -0.1) is 0 Å². The van der Waals surface area contributed by atoms with Crippen LogP contribution in [0.3, 0.4) is 0 Å². The van der Waals surface area contributed by atoms with E-state index in [9.17, 15) is 0 Å². The zero-order valence-electron chi connectivity index (χ0n) is 10.9. The smallest absolute Gasteiger partial charge is 0.0475 e. The minimum absolute atomic E-state index is 0.0813. The van der Waals surface area contributed by atoms with Crippen molar-refractivity contribution in [3.05, 3.63) is 33.8 Å². The Hall–Kier alpha value is -0.280. The van der Waals surface area contributed by atoms with Crippen LogP contribution in [0.1, 0.15) is 57.1 Å². The second-order valence-corrected chi connectivity index (χ2v) is 5.43. The molecule has 0 bridgehead atoms. The monoisotopic (exact) mass is 288 g/mol. The van der Waals surface area contributed by atoms with Gasteiger partial charge in [0.2, 0.25) is 0 Å². The number of hydrazine groups is 1. The molecule has 1 unspecified atom stereocenters. The summed E-state index contributed by atoms with van der Waals surface area (Å²) in [5.41, 5.74) is 3.82. The predicted molar refractivity (Wildman–Crippen MR) is 79.9 cm³/mol. The van der Waals surface area contributed by atoms with E-state index in [1.165, 1.54) is 25.7 Å². The summed E-state index contributed by atoms with van der Waals surface area (Å²) in [5.74, 6) is 5.61. The highest BCUT2D eigenvalue weighted by atomic mass is 35.5. The molecule has 1 aromatic rings. The molecule has 0 radical (unpaired) electrons. The standard InChI is InChI=1S/C14H22Cl2N2/c1-2-3-4-5-6-7-14(18-17)12-10-11(15)8-9-13(12)16/h8-10,14,18H,2-7,17H2,1H3. The van der Waals surface area contributed by atoms with Crippen molar-refractivity contribution in [2.45, 2.75) is 51.5 Å². The summed E-state index contributed by atoms with van der Waals surface area (Å²) in [7, 11) is 0. The molecule has 0 amide bonds. The lowest BCUT2D eigenvalue weighted by Crippen LogP contribution is -2.28. The van der Waals surface area contributed by atoms with Crippen LogP contribution in [0, 0.1) is 0 Å². The van der Waals surface area contributed by atoms with Crippen molar-refractivity contribution in [1.82, 2.24) is 5.43 Å². The van der Waals surface area contributed by atoms with Crippen LogP contribution < -0.4 is 11.3 Å². The highest BCUT2D eigenvalue weighted by Crippen LogP contribution is 2.29. The summed E-state index contributed by atoms with van der Waals surface area (Å²) < 4.78 is 0. The van der Waals surface area contributed by atoms with Crippen LogP contribution in [0.5, 0.6) is 0 Å². The summed E-state index contributed by atoms with van der Waals surface area (Å²) in [6.07, 6.45) is 7.23. The van der Waals surface area contributed by atoms with Gasteiger partial charge in [0.05, 0.1) is 0 Å². The highest BCUT2D eigenvalue weighted by Gasteiger charge is 2.13. The number of nitrogens with one attached hydrogen (secondary N) is 1. The van der Waals surface area contributed by atoms with E-state index in [4.69, 9.17) is 29.0 Å². The molecule has 1 rings (SSSR count). The van der Waals surface area contributed by atoms with Gasteiger partial charge in [0.25, 0.3) is 0 Å². The van der Waals surface area contributed by atoms with Crippen LogP contribution >= 0.6 is 23.2 Å². The number of benzene rings is 1. The van der Waals surface area contributed by atoms with Gasteiger partial charge in [-0.05, 0) is 30.2 Å². The Bertz CT molecular complexity index is 356. The number of halogens is 2. The third-order valence-corrected chi connectivity index (χ3v) is 3.71. The van der Waals surface area contributed by atoms with Gasteiger partial charge in [-0.3, -0.25) is 11.3 Å². The zero-order valence-corrected chi connectivity index (χ0v) is 12.4. The molecular formula is C14H22Cl2N2. The van der Waals surface area contributed by atoms with Crippen molar-refractivity contribution in [2.75, 3.05) is 0 Å². The molecule has 4 heteroatoms. The fourth-order valence-electron chi connectivity index (χ4n) is 2.06. The molecule has 0 aliphatic rings. The van der Waals surface area contributed by atoms with Gasteiger partial charge in [0, 0.05) is 16.1 Å². The Kier molecular flexibility index (Phi) is 7.68. The van der Waals surface area contributed by atoms with Gasteiger partial charge in [-0.2, -0.15) is 0 Å². The van der Waals surface area contributed by atoms with Gasteiger partial charge < -0.3 is 0 Å². The molecule has 3 N–H and O–H groups in total. The number of nitrogens with two attached hydrogens (primary N) is 1. The van der Waals surface area contributed by atoms with Gasteiger partial charge in [0.15, 0.2) is 0 Å². The van der Waals surface area contributed by atoms with E-state index < -0.39 is 0 Å². The minimum atomic E-state index is 0.0813. The predicted octanol–water partition coefficient (Wildman–Crippen LogP) is 4.86. The molecule has 0 aromatic heterocycles. The second-order valence-electron chi connectivity index (χ2n) is 4.59. The van der Waals surface area contributed by atoms with Gasteiger partial charge in [0.1, 0.15) is 0 Å². The number of hydrogen-bond acceptors (Lipinski definition) is 2. The van der Waals surface area contributed by atoms with Gasteiger partial charge >= 0.3 is 0 Å². The number of hydrogen-bond donors (Lipinski definition) is 2. The third kappa shape index (κ3) is 5.15. The largest absolute Gasteiger partial charge is 0.271 e. The van der Waals surface area contributed by atoms with Gasteiger partial charge in [-0.25, -0.2) is 0 Å². The Morgan fingerprint density at radius 1 is 1.17 bits per heavy atom. The van der Waals surface area contributed by atoms with Crippen molar-refractivity contribution in [3.8, 4) is 0 Å². The van der Waals surface area contributed by atoms with Crippen LogP contribution in [0.15, 0.2) is 18.2 Å². The first-order chi connectivity index (χ1) is 8.69. The molecular weight excluding hydrogens is 267 g/mol. The first kappa shape index (κ1) is 15.8. The fourth-order valence-corrected chi connectivity index (χ4v) is 2.49. The van der Waals surface area contributed by atoms with Crippen LogP contribution in [0.2, 0.25) is 10.0 Å². The lowest BCUT2D eigenvalue weighted by atomic mass is 10.0.